The number of carbonyl (C=O) groups excluding carboxylic acids is 1. The number of para-hydroxylation sites is 1. The van der Waals surface area contributed by atoms with Gasteiger partial charge in [0.2, 0.25) is 5.91 Å². The van der Waals surface area contributed by atoms with Crippen molar-refractivity contribution in [1.82, 2.24) is 19.7 Å². The van der Waals surface area contributed by atoms with Crippen LogP contribution < -0.4 is 5.32 Å². The Hall–Kier alpha value is -3.57. The van der Waals surface area contributed by atoms with Gasteiger partial charge in [0.1, 0.15) is 0 Å². The number of hydrogen-bond donors (Lipinski definition) is 2. The van der Waals surface area contributed by atoms with Crippen LogP contribution in [0.1, 0.15) is 24.4 Å². The molecule has 154 valence electrons. The minimum absolute atomic E-state index is 0.1000. The largest absolute Gasteiger partial charge is 0.360 e. The van der Waals surface area contributed by atoms with E-state index in [-0.39, 0.29) is 11.7 Å². The van der Waals surface area contributed by atoms with Crippen LogP contribution in [0.4, 0.5) is 5.69 Å². The van der Waals surface area contributed by atoms with Crippen molar-refractivity contribution in [3.8, 4) is 17.5 Å². The Balaban J connectivity index is 1.31. The van der Waals surface area contributed by atoms with Gasteiger partial charge in [-0.1, -0.05) is 42.1 Å². The molecule has 5 rings (SSSR count). The smallest absolute Gasteiger partial charge is 0.234 e. The van der Waals surface area contributed by atoms with E-state index < -0.39 is 0 Å². The molecule has 2 N–H and O–H groups in total. The summed E-state index contributed by atoms with van der Waals surface area (Å²) in [7, 11) is 0. The second kappa shape index (κ2) is 8.28. The topological polar surface area (TPSA) is 99.4 Å². The molecule has 0 saturated heterocycles. The van der Waals surface area contributed by atoms with E-state index in [0.29, 0.717) is 12.5 Å². The summed E-state index contributed by atoms with van der Waals surface area (Å²) in [6.07, 6.45) is 4.54. The number of benzene rings is 2. The summed E-state index contributed by atoms with van der Waals surface area (Å²) in [5.74, 6) is 0.992. The zero-order chi connectivity index (χ0) is 21.2. The monoisotopic (exact) mass is 428 g/mol. The van der Waals surface area contributed by atoms with Crippen LogP contribution in [0, 0.1) is 11.3 Å². The number of amides is 1. The Morgan fingerprint density at radius 3 is 2.77 bits per heavy atom. The van der Waals surface area contributed by atoms with Crippen molar-refractivity contribution >= 4 is 34.3 Å². The molecular weight excluding hydrogens is 408 g/mol. The molecule has 2 aromatic carbocycles. The normalized spacial score (nSPS) is 13.3. The molecule has 4 aromatic rings. The standard InChI is InChI=1S/C23H20N6OS/c24-12-11-15-5-7-16(8-6-15)26-21(30)14-31-23-28-27-22(29(23)17-9-10-17)19-13-25-20-4-2-1-3-18(19)20/h1-8,13,17,25H,9-11,14H2,(H,26,30). The van der Waals surface area contributed by atoms with Crippen molar-refractivity contribution in [3.63, 3.8) is 0 Å². The van der Waals surface area contributed by atoms with E-state index in [2.05, 4.69) is 37.2 Å². The highest BCUT2D eigenvalue weighted by atomic mass is 32.2. The van der Waals surface area contributed by atoms with Gasteiger partial charge in [-0.25, -0.2) is 0 Å². The van der Waals surface area contributed by atoms with Crippen LogP contribution in [0.5, 0.6) is 0 Å². The van der Waals surface area contributed by atoms with Crippen LogP contribution >= 0.6 is 11.8 Å². The highest BCUT2D eigenvalue weighted by Crippen LogP contribution is 2.42. The summed E-state index contributed by atoms with van der Waals surface area (Å²) < 4.78 is 2.17. The van der Waals surface area contributed by atoms with Crippen LogP contribution in [0.15, 0.2) is 59.9 Å². The lowest BCUT2D eigenvalue weighted by Gasteiger charge is -2.09. The third-order valence-corrected chi connectivity index (χ3v) is 6.20. The van der Waals surface area contributed by atoms with E-state index in [1.165, 1.54) is 11.8 Å². The molecule has 1 aliphatic carbocycles. The maximum atomic E-state index is 12.5. The number of hydrogen-bond acceptors (Lipinski definition) is 5. The maximum Gasteiger partial charge on any atom is 0.234 e. The second-order valence-corrected chi connectivity index (χ2v) is 8.47. The highest BCUT2D eigenvalue weighted by Gasteiger charge is 2.31. The van der Waals surface area contributed by atoms with Crippen LogP contribution in [0.2, 0.25) is 0 Å². The van der Waals surface area contributed by atoms with Gasteiger partial charge < -0.3 is 10.3 Å². The Morgan fingerprint density at radius 1 is 1.19 bits per heavy atom. The molecule has 0 radical (unpaired) electrons. The predicted molar refractivity (Wildman–Crippen MR) is 121 cm³/mol. The molecule has 8 heteroatoms. The number of thioether (sulfide) groups is 1. The van der Waals surface area contributed by atoms with Gasteiger partial charge in [0, 0.05) is 34.4 Å². The average Bonchev–Trinajstić information content (AvgIpc) is 3.39. The first-order valence-electron chi connectivity index (χ1n) is 10.1. The fraction of sp³-hybridized carbons (Fsp3) is 0.217. The molecule has 1 fully saturated rings. The summed E-state index contributed by atoms with van der Waals surface area (Å²) >= 11 is 1.40. The fourth-order valence-electron chi connectivity index (χ4n) is 3.60. The summed E-state index contributed by atoms with van der Waals surface area (Å²) in [4.78, 5) is 15.8. The summed E-state index contributed by atoms with van der Waals surface area (Å²) in [6, 6.07) is 18.0. The Bertz CT molecular complexity index is 1280. The minimum Gasteiger partial charge on any atom is -0.360 e. The molecule has 31 heavy (non-hydrogen) atoms. The molecule has 0 unspecified atom stereocenters. The van der Waals surface area contributed by atoms with Crippen molar-refractivity contribution in [2.24, 2.45) is 0 Å². The maximum absolute atomic E-state index is 12.5. The van der Waals surface area contributed by atoms with E-state index in [1.54, 1.807) is 0 Å². The first-order valence-corrected chi connectivity index (χ1v) is 11.1. The Kier molecular flexibility index (Phi) is 5.18. The van der Waals surface area contributed by atoms with Crippen LogP contribution in [0.25, 0.3) is 22.3 Å². The number of anilines is 1. The van der Waals surface area contributed by atoms with Gasteiger partial charge in [-0.2, -0.15) is 5.26 Å². The van der Waals surface area contributed by atoms with Crippen LogP contribution in [-0.2, 0) is 11.2 Å². The average molecular weight is 429 g/mol. The molecule has 1 saturated carbocycles. The van der Waals surface area contributed by atoms with E-state index in [0.717, 1.165) is 51.5 Å². The van der Waals surface area contributed by atoms with Crippen molar-refractivity contribution in [3.05, 3.63) is 60.3 Å². The predicted octanol–water partition coefficient (Wildman–Crippen LogP) is 4.56. The number of nitrogens with zero attached hydrogens (tertiary/aromatic N) is 4. The molecule has 0 spiro atoms. The second-order valence-electron chi connectivity index (χ2n) is 7.52. The van der Waals surface area contributed by atoms with Crippen molar-refractivity contribution in [2.45, 2.75) is 30.5 Å². The van der Waals surface area contributed by atoms with Gasteiger partial charge in [-0.15, -0.1) is 10.2 Å². The zero-order valence-corrected chi connectivity index (χ0v) is 17.5. The molecule has 2 heterocycles. The fourth-order valence-corrected chi connectivity index (χ4v) is 4.41. The first-order chi connectivity index (χ1) is 15.2. The van der Waals surface area contributed by atoms with Gasteiger partial charge >= 0.3 is 0 Å². The summed E-state index contributed by atoms with van der Waals surface area (Å²) in [5.41, 5.74) is 3.74. The van der Waals surface area contributed by atoms with Crippen molar-refractivity contribution in [2.75, 3.05) is 11.1 Å². The lowest BCUT2D eigenvalue weighted by atomic mass is 10.1. The quantitative estimate of drug-likeness (QED) is 0.421. The zero-order valence-electron chi connectivity index (χ0n) is 16.7. The number of carbonyl (C=O) groups is 1. The van der Waals surface area contributed by atoms with E-state index in [4.69, 9.17) is 5.26 Å². The lowest BCUT2D eigenvalue weighted by Crippen LogP contribution is -2.14. The molecule has 0 aliphatic heterocycles. The molecule has 2 aromatic heterocycles. The van der Waals surface area contributed by atoms with Crippen LogP contribution in [0.3, 0.4) is 0 Å². The highest BCUT2D eigenvalue weighted by molar-refractivity contribution is 7.99. The summed E-state index contributed by atoms with van der Waals surface area (Å²) in [5, 5.41) is 22.4. The lowest BCUT2D eigenvalue weighted by molar-refractivity contribution is -0.113. The molecule has 0 bridgehead atoms. The third-order valence-electron chi connectivity index (χ3n) is 5.26. The van der Waals surface area contributed by atoms with Crippen molar-refractivity contribution in [1.29, 1.82) is 5.26 Å². The first kappa shape index (κ1) is 19.4. The number of H-pyrrole nitrogens is 1. The molecule has 0 atom stereocenters. The number of fused-ring (bicyclic) bond motifs is 1. The molecule has 1 aliphatic rings. The van der Waals surface area contributed by atoms with Gasteiger partial charge in [-0.3, -0.25) is 9.36 Å². The minimum atomic E-state index is -0.1000. The molecular formula is C23H20N6OS. The van der Waals surface area contributed by atoms with Gasteiger partial charge in [0.25, 0.3) is 0 Å². The molecule has 7 nitrogen and oxygen atoms in total. The van der Waals surface area contributed by atoms with Crippen LogP contribution in [-0.4, -0.2) is 31.4 Å². The van der Waals surface area contributed by atoms with Gasteiger partial charge in [0.15, 0.2) is 11.0 Å². The Labute approximate surface area is 183 Å². The van der Waals surface area contributed by atoms with E-state index in [1.807, 2.05) is 48.7 Å². The SMILES string of the molecule is N#CCc1ccc(NC(=O)CSc2nnc(-c3c[nH]c4ccccc34)n2C2CC2)cc1. The number of aromatic nitrogens is 4. The number of nitrogens with one attached hydrogen (secondary N) is 2. The third kappa shape index (κ3) is 4.05. The molecule has 1 amide bonds. The van der Waals surface area contributed by atoms with Gasteiger partial charge in [0.05, 0.1) is 18.2 Å². The number of rotatable bonds is 7. The Morgan fingerprint density at radius 2 is 2.00 bits per heavy atom. The van der Waals surface area contributed by atoms with E-state index in [9.17, 15) is 4.79 Å². The summed E-state index contributed by atoms with van der Waals surface area (Å²) in [6.45, 7) is 0. The number of aromatic amines is 1. The number of nitriles is 1. The van der Waals surface area contributed by atoms with Crippen molar-refractivity contribution < 1.29 is 4.79 Å². The van der Waals surface area contributed by atoms with E-state index >= 15 is 0 Å². The van der Waals surface area contributed by atoms with Gasteiger partial charge in [-0.05, 0) is 36.6 Å².